The van der Waals surface area contributed by atoms with E-state index in [0.29, 0.717) is 0 Å². The zero-order valence-electron chi connectivity index (χ0n) is 10.4. The van der Waals surface area contributed by atoms with Gasteiger partial charge in [-0.15, -0.1) is 0 Å². The molecule has 1 fully saturated rings. The summed E-state index contributed by atoms with van der Waals surface area (Å²) in [6.07, 6.45) is 5.77. The van der Waals surface area contributed by atoms with Gasteiger partial charge >= 0.3 is 0 Å². The number of aliphatic hydroxyl groups is 1. The average Bonchev–Trinajstić information content (AvgIpc) is 2.61. The topological polar surface area (TPSA) is 41.3 Å². The van der Waals surface area contributed by atoms with Crippen molar-refractivity contribution in [3.8, 4) is 0 Å². The van der Waals surface area contributed by atoms with Gasteiger partial charge in [-0.25, -0.2) is 9.66 Å². The van der Waals surface area contributed by atoms with Gasteiger partial charge in [0.05, 0.1) is 5.69 Å². The Balaban J connectivity index is 2.31. The highest BCUT2D eigenvalue weighted by atomic mass is 16.3. The van der Waals surface area contributed by atoms with Crippen LogP contribution in [0.3, 0.4) is 0 Å². The molecule has 0 spiro atoms. The quantitative estimate of drug-likeness (QED) is 0.827. The van der Waals surface area contributed by atoms with E-state index in [-0.39, 0.29) is 0 Å². The van der Waals surface area contributed by atoms with E-state index in [1.165, 1.54) is 19.3 Å². The third-order valence-corrected chi connectivity index (χ3v) is 2.99. The van der Waals surface area contributed by atoms with E-state index in [9.17, 15) is 5.11 Å². The summed E-state index contributed by atoms with van der Waals surface area (Å²) in [4.78, 5) is 4.43. The van der Waals surface area contributed by atoms with Crippen molar-refractivity contribution in [2.45, 2.75) is 45.6 Å². The molecular formula is C12H21N3O. The lowest BCUT2D eigenvalue weighted by Gasteiger charge is -2.32. The first-order valence-corrected chi connectivity index (χ1v) is 6.02. The minimum Gasteiger partial charge on any atom is -0.382 e. The monoisotopic (exact) mass is 223 g/mol. The van der Waals surface area contributed by atoms with Gasteiger partial charge in [-0.1, -0.05) is 0 Å². The lowest BCUT2D eigenvalue weighted by atomic mass is 10.1. The highest BCUT2D eigenvalue weighted by Crippen LogP contribution is 2.20. The third-order valence-electron chi connectivity index (χ3n) is 2.99. The Kier molecular flexibility index (Phi) is 2.93. The summed E-state index contributed by atoms with van der Waals surface area (Å²) in [6, 6.07) is 0. The standard InChI is InChI=1S/C12H21N3O/c1-10-9-15(11(13-10)12(2,3)16)14-7-5-4-6-8-14/h9,16H,4-8H2,1-3H3. The average molecular weight is 223 g/mol. The van der Waals surface area contributed by atoms with Gasteiger partial charge in [0.15, 0.2) is 5.82 Å². The number of hydrogen-bond acceptors (Lipinski definition) is 3. The zero-order valence-corrected chi connectivity index (χ0v) is 10.4. The zero-order chi connectivity index (χ0) is 11.8. The molecule has 0 unspecified atom stereocenters. The summed E-state index contributed by atoms with van der Waals surface area (Å²) < 4.78 is 2.04. The number of piperidine rings is 1. The fraction of sp³-hybridized carbons (Fsp3) is 0.750. The lowest BCUT2D eigenvalue weighted by molar-refractivity contribution is 0.0640. The van der Waals surface area contributed by atoms with Crippen molar-refractivity contribution in [3.05, 3.63) is 17.7 Å². The smallest absolute Gasteiger partial charge is 0.159 e. The molecule has 0 aromatic carbocycles. The van der Waals surface area contributed by atoms with Crippen molar-refractivity contribution >= 4 is 0 Å². The van der Waals surface area contributed by atoms with Crippen LogP contribution < -0.4 is 5.01 Å². The number of hydrogen-bond donors (Lipinski definition) is 1. The number of rotatable bonds is 2. The summed E-state index contributed by atoms with van der Waals surface area (Å²) in [7, 11) is 0. The van der Waals surface area contributed by atoms with Gasteiger partial charge < -0.3 is 10.1 Å². The molecule has 1 aliphatic heterocycles. The Morgan fingerprint density at radius 1 is 1.25 bits per heavy atom. The third kappa shape index (κ3) is 2.21. The van der Waals surface area contributed by atoms with E-state index in [2.05, 4.69) is 9.99 Å². The van der Waals surface area contributed by atoms with Crippen LogP contribution in [0.1, 0.15) is 44.6 Å². The van der Waals surface area contributed by atoms with Crippen molar-refractivity contribution in [3.63, 3.8) is 0 Å². The predicted molar refractivity (Wildman–Crippen MR) is 64.0 cm³/mol. The Morgan fingerprint density at radius 3 is 2.44 bits per heavy atom. The first kappa shape index (κ1) is 11.5. The molecule has 1 aromatic rings. The molecule has 1 saturated heterocycles. The second-order valence-electron chi connectivity index (χ2n) is 5.12. The largest absolute Gasteiger partial charge is 0.382 e. The van der Waals surface area contributed by atoms with Crippen LogP contribution in [0.15, 0.2) is 6.20 Å². The van der Waals surface area contributed by atoms with E-state index in [0.717, 1.165) is 24.6 Å². The van der Waals surface area contributed by atoms with Crippen molar-refractivity contribution in [2.24, 2.45) is 0 Å². The molecule has 2 rings (SSSR count). The summed E-state index contributed by atoms with van der Waals surface area (Å²) in [5, 5.41) is 12.4. The molecule has 0 saturated carbocycles. The fourth-order valence-electron chi connectivity index (χ4n) is 2.21. The van der Waals surface area contributed by atoms with Gasteiger partial charge in [-0.2, -0.15) is 0 Å². The van der Waals surface area contributed by atoms with E-state index in [4.69, 9.17) is 0 Å². The van der Waals surface area contributed by atoms with Crippen LogP contribution in [-0.4, -0.2) is 27.9 Å². The van der Waals surface area contributed by atoms with Crippen LogP contribution in [0.2, 0.25) is 0 Å². The number of imidazole rings is 1. The van der Waals surface area contributed by atoms with Crippen LogP contribution >= 0.6 is 0 Å². The van der Waals surface area contributed by atoms with Crippen molar-refractivity contribution in [2.75, 3.05) is 18.1 Å². The molecule has 1 N–H and O–H groups in total. The first-order valence-electron chi connectivity index (χ1n) is 6.02. The van der Waals surface area contributed by atoms with E-state index in [1.807, 2.05) is 17.8 Å². The van der Waals surface area contributed by atoms with Gasteiger partial charge in [-0.05, 0) is 40.0 Å². The number of aryl methyl sites for hydroxylation is 1. The lowest BCUT2D eigenvalue weighted by Crippen LogP contribution is -2.42. The minimum atomic E-state index is -0.883. The summed E-state index contributed by atoms with van der Waals surface area (Å²) in [5.41, 5.74) is 0.0776. The van der Waals surface area contributed by atoms with E-state index < -0.39 is 5.60 Å². The fourth-order valence-corrected chi connectivity index (χ4v) is 2.21. The Bertz CT molecular complexity index is 359. The Hall–Kier alpha value is -1.03. The van der Waals surface area contributed by atoms with E-state index in [1.54, 1.807) is 13.8 Å². The predicted octanol–water partition coefficient (Wildman–Crippen LogP) is 1.54. The van der Waals surface area contributed by atoms with Gasteiger partial charge in [0.2, 0.25) is 0 Å². The summed E-state index contributed by atoms with van der Waals surface area (Å²) >= 11 is 0. The molecule has 0 bridgehead atoms. The highest BCUT2D eigenvalue weighted by Gasteiger charge is 2.26. The SMILES string of the molecule is Cc1cn(N2CCCCC2)c(C(C)(C)O)n1. The van der Waals surface area contributed by atoms with Crippen LogP contribution in [-0.2, 0) is 5.60 Å². The van der Waals surface area contributed by atoms with Gasteiger partial charge in [0, 0.05) is 19.3 Å². The van der Waals surface area contributed by atoms with Gasteiger partial charge in [-0.3, -0.25) is 0 Å². The summed E-state index contributed by atoms with van der Waals surface area (Å²) in [5.74, 6) is 0.743. The summed E-state index contributed by atoms with van der Waals surface area (Å²) in [6.45, 7) is 7.65. The van der Waals surface area contributed by atoms with Crippen LogP contribution in [0.5, 0.6) is 0 Å². The number of aromatic nitrogens is 2. The van der Waals surface area contributed by atoms with E-state index >= 15 is 0 Å². The number of nitrogens with zero attached hydrogens (tertiary/aromatic N) is 3. The van der Waals surface area contributed by atoms with Crippen LogP contribution in [0.25, 0.3) is 0 Å². The molecular weight excluding hydrogens is 202 g/mol. The molecule has 4 nitrogen and oxygen atoms in total. The maximum Gasteiger partial charge on any atom is 0.159 e. The first-order chi connectivity index (χ1) is 7.48. The minimum absolute atomic E-state index is 0.743. The Morgan fingerprint density at radius 2 is 1.88 bits per heavy atom. The molecule has 0 aliphatic carbocycles. The van der Waals surface area contributed by atoms with Crippen molar-refractivity contribution < 1.29 is 5.11 Å². The molecule has 2 heterocycles. The highest BCUT2D eigenvalue weighted by molar-refractivity contribution is 5.12. The molecule has 4 heteroatoms. The molecule has 90 valence electrons. The maximum atomic E-state index is 10.1. The normalized spacial score (nSPS) is 17.9. The Labute approximate surface area is 96.9 Å². The maximum absolute atomic E-state index is 10.1. The van der Waals surface area contributed by atoms with Gasteiger partial charge in [0.25, 0.3) is 0 Å². The molecule has 16 heavy (non-hydrogen) atoms. The second-order valence-corrected chi connectivity index (χ2v) is 5.12. The molecule has 0 atom stereocenters. The van der Waals surface area contributed by atoms with Crippen LogP contribution in [0.4, 0.5) is 0 Å². The molecule has 1 aromatic heterocycles. The second kappa shape index (κ2) is 4.09. The molecule has 1 aliphatic rings. The van der Waals surface area contributed by atoms with Crippen molar-refractivity contribution in [1.29, 1.82) is 0 Å². The molecule has 0 radical (unpaired) electrons. The van der Waals surface area contributed by atoms with Crippen LogP contribution in [0, 0.1) is 6.92 Å². The van der Waals surface area contributed by atoms with Gasteiger partial charge in [0.1, 0.15) is 5.60 Å². The molecule has 0 amide bonds. The van der Waals surface area contributed by atoms with Crippen molar-refractivity contribution in [1.82, 2.24) is 9.66 Å².